The molecule has 132 valence electrons. The minimum Gasteiger partial charge on any atom is -0.497 e. The Balaban J connectivity index is 1.68. The number of carbonyl (C=O) groups is 1. The van der Waals surface area contributed by atoms with Gasteiger partial charge < -0.3 is 15.4 Å². The molecule has 0 radical (unpaired) electrons. The highest BCUT2D eigenvalue weighted by Crippen LogP contribution is 2.25. The first-order valence-electron chi connectivity index (χ1n) is 7.68. The maximum atomic E-state index is 12.3. The number of aromatic nitrogens is 1. The van der Waals surface area contributed by atoms with Gasteiger partial charge in [-0.25, -0.2) is 4.98 Å². The molecule has 0 aliphatic heterocycles. The van der Waals surface area contributed by atoms with Crippen LogP contribution in [-0.2, 0) is 0 Å². The molecule has 0 atom stereocenters. The molecule has 5 nitrogen and oxygen atoms in total. The molecule has 1 amide bonds. The molecule has 7 heteroatoms. The highest BCUT2D eigenvalue weighted by Gasteiger charge is 2.08. The zero-order valence-corrected chi connectivity index (χ0v) is 15.3. The summed E-state index contributed by atoms with van der Waals surface area (Å²) in [6.45, 7) is 0. The van der Waals surface area contributed by atoms with Gasteiger partial charge in [-0.05, 0) is 48.5 Å². The molecule has 0 bridgehead atoms. The highest BCUT2D eigenvalue weighted by molar-refractivity contribution is 6.35. The Morgan fingerprint density at radius 3 is 2.42 bits per heavy atom. The van der Waals surface area contributed by atoms with Gasteiger partial charge in [0.05, 0.1) is 19.0 Å². The Hall–Kier alpha value is -2.76. The van der Waals surface area contributed by atoms with E-state index >= 15 is 0 Å². The summed E-state index contributed by atoms with van der Waals surface area (Å²) in [7, 11) is 1.56. The van der Waals surface area contributed by atoms with E-state index in [1.54, 1.807) is 67.9 Å². The maximum Gasteiger partial charge on any atom is 0.255 e. The number of anilines is 3. The van der Waals surface area contributed by atoms with Crippen molar-refractivity contribution < 1.29 is 9.53 Å². The van der Waals surface area contributed by atoms with Crippen LogP contribution >= 0.6 is 23.2 Å². The van der Waals surface area contributed by atoms with Crippen molar-refractivity contribution >= 4 is 46.3 Å². The van der Waals surface area contributed by atoms with E-state index < -0.39 is 0 Å². The van der Waals surface area contributed by atoms with Gasteiger partial charge in [0.15, 0.2) is 0 Å². The van der Waals surface area contributed by atoms with Gasteiger partial charge in [-0.1, -0.05) is 29.3 Å². The van der Waals surface area contributed by atoms with Gasteiger partial charge in [-0.3, -0.25) is 4.79 Å². The van der Waals surface area contributed by atoms with Crippen molar-refractivity contribution in [3.8, 4) is 5.75 Å². The number of nitrogens with zero attached hydrogens (tertiary/aromatic N) is 1. The zero-order valence-electron chi connectivity index (χ0n) is 13.8. The summed E-state index contributed by atoms with van der Waals surface area (Å²) in [5.74, 6) is 0.978. The Kier molecular flexibility index (Phi) is 5.61. The number of ether oxygens (including phenoxy) is 1. The first kappa shape index (κ1) is 18.0. The third kappa shape index (κ3) is 4.65. The summed E-state index contributed by atoms with van der Waals surface area (Å²) < 4.78 is 5.12. The largest absolute Gasteiger partial charge is 0.497 e. The number of methoxy groups -OCH3 is 1. The molecule has 1 aromatic heterocycles. The predicted molar refractivity (Wildman–Crippen MR) is 105 cm³/mol. The van der Waals surface area contributed by atoms with Crippen molar-refractivity contribution in [2.75, 3.05) is 17.7 Å². The van der Waals surface area contributed by atoms with E-state index in [0.29, 0.717) is 32.9 Å². The molecule has 26 heavy (non-hydrogen) atoms. The van der Waals surface area contributed by atoms with Gasteiger partial charge in [-0.2, -0.15) is 0 Å². The molecule has 2 aromatic carbocycles. The van der Waals surface area contributed by atoms with Gasteiger partial charge >= 0.3 is 0 Å². The van der Waals surface area contributed by atoms with Crippen LogP contribution in [0.15, 0.2) is 60.8 Å². The average molecular weight is 388 g/mol. The van der Waals surface area contributed by atoms with Crippen LogP contribution in [0.25, 0.3) is 0 Å². The SMILES string of the molecule is COc1cccc(C(=O)Nc2ccc(Nc3cc(Cl)cc(Cl)c3)nc2)c1. The maximum absolute atomic E-state index is 12.3. The van der Waals surface area contributed by atoms with E-state index in [2.05, 4.69) is 15.6 Å². The van der Waals surface area contributed by atoms with Crippen LogP contribution in [0.4, 0.5) is 17.2 Å². The molecule has 1 heterocycles. The molecule has 0 aliphatic rings. The lowest BCUT2D eigenvalue weighted by atomic mass is 10.2. The molecule has 3 rings (SSSR count). The van der Waals surface area contributed by atoms with Crippen molar-refractivity contribution in [1.29, 1.82) is 0 Å². The normalized spacial score (nSPS) is 10.3. The standard InChI is InChI=1S/C19H15Cl2N3O2/c1-26-17-4-2-3-12(7-17)19(25)24-15-5-6-18(22-11-15)23-16-9-13(20)8-14(21)10-16/h2-11H,1H3,(H,22,23)(H,24,25). The van der Waals surface area contributed by atoms with Gasteiger partial charge in [0, 0.05) is 21.3 Å². The zero-order chi connectivity index (χ0) is 18.5. The van der Waals surface area contributed by atoms with Crippen molar-refractivity contribution in [3.05, 3.63) is 76.4 Å². The fourth-order valence-corrected chi connectivity index (χ4v) is 2.81. The molecular formula is C19H15Cl2N3O2. The summed E-state index contributed by atoms with van der Waals surface area (Å²) in [5.41, 5.74) is 1.80. The van der Waals surface area contributed by atoms with Crippen LogP contribution in [0, 0.1) is 0 Å². The van der Waals surface area contributed by atoms with Crippen molar-refractivity contribution in [1.82, 2.24) is 4.98 Å². The topological polar surface area (TPSA) is 63.2 Å². The fraction of sp³-hybridized carbons (Fsp3) is 0.0526. The number of amides is 1. The Morgan fingerprint density at radius 1 is 1.00 bits per heavy atom. The second-order valence-electron chi connectivity index (χ2n) is 5.40. The summed E-state index contributed by atoms with van der Waals surface area (Å²) in [6, 6.07) is 15.6. The number of benzene rings is 2. The molecule has 0 spiro atoms. The number of rotatable bonds is 5. The number of hydrogen-bond donors (Lipinski definition) is 2. The van der Waals surface area contributed by atoms with Crippen molar-refractivity contribution in [3.63, 3.8) is 0 Å². The second kappa shape index (κ2) is 8.08. The molecule has 0 fully saturated rings. The lowest BCUT2D eigenvalue weighted by Gasteiger charge is -2.09. The highest BCUT2D eigenvalue weighted by atomic mass is 35.5. The van der Waals surface area contributed by atoms with Gasteiger partial charge in [0.2, 0.25) is 0 Å². The molecule has 0 saturated carbocycles. The molecule has 0 saturated heterocycles. The van der Waals surface area contributed by atoms with Gasteiger partial charge in [0.25, 0.3) is 5.91 Å². The van der Waals surface area contributed by atoms with E-state index in [0.717, 1.165) is 5.69 Å². The van der Waals surface area contributed by atoms with E-state index in [4.69, 9.17) is 27.9 Å². The van der Waals surface area contributed by atoms with Crippen LogP contribution in [0.3, 0.4) is 0 Å². The average Bonchev–Trinajstić information content (AvgIpc) is 2.62. The monoisotopic (exact) mass is 387 g/mol. The molecule has 0 aliphatic carbocycles. The smallest absolute Gasteiger partial charge is 0.255 e. The van der Waals surface area contributed by atoms with Crippen LogP contribution < -0.4 is 15.4 Å². The molecule has 2 N–H and O–H groups in total. The van der Waals surface area contributed by atoms with E-state index in [1.165, 1.54) is 0 Å². The number of carbonyl (C=O) groups excluding carboxylic acids is 1. The number of nitrogens with one attached hydrogen (secondary N) is 2. The van der Waals surface area contributed by atoms with Crippen LogP contribution in [0.5, 0.6) is 5.75 Å². The quantitative estimate of drug-likeness (QED) is 0.615. The third-order valence-electron chi connectivity index (χ3n) is 3.49. The number of hydrogen-bond acceptors (Lipinski definition) is 4. The lowest BCUT2D eigenvalue weighted by molar-refractivity contribution is 0.102. The lowest BCUT2D eigenvalue weighted by Crippen LogP contribution is -2.12. The summed E-state index contributed by atoms with van der Waals surface area (Å²) in [5, 5.41) is 6.96. The summed E-state index contributed by atoms with van der Waals surface area (Å²) in [6.07, 6.45) is 1.56. The predicted octanol–water partition coefficient (Wildman–Crippen LogP) is 5.39. The van der Waals surface area contributed by atoms with E-state index in [1.807, 2.05) is 0 Å². The minimum atomic E-state index is -0.243. The first-order valence-corrected chi connectivity index (χ1v) is 8.43. The van der Waals surface area contributed by atoms with Crippen molar-refractivity contribution in [2.24, 2.45) is 0 Å². The first-order chi connectivity index (χ1) is 12.5. The summed E-state index contributed by atoms with van der Waals surface area (Å²) >= 11 is 12.0. The third-order valence-corrected chi connectivity index (χ3v) is 3.92. The Labute approximate surface area is 160 Å². The Morgan fingerprint density at radius 2 is 1.77 bits per heavy atom. The second-order valence-corrected chi connectivity index (χ2v) is 6.27. The van der Waals surface area contributed by atoms with E-state index in [-0.39, 0.29) is 5.91 Å². The molecular weight excluding hydrogens is 373 g/mol. The number of pyridine rings is 1. The van der Waals surface area contributed by atoms with Crippen LogP contribution in [-0.4, -0.2) is 18.0 Å². The molecule has 3 aromatic rings. The number of halogens is 2. The van der Waals surface area contributed by atoms with Crippen molar-refractivity contribution in [2.45, 2.75) is 0 Å². The Bertz CT molecular complexity index is 910. The summed E-state index contributed by atoms with van der Waals surface area (Å²) in [4.78, 5) is 16.6. The molecule has 0 unspecified atom stereocenters. The van der Waals surface area contributed by atoms with Crippen LogP contribution in [0.2, 0.25) is 10.0 Å². The van der Waals surface area contributed by atoms with Crippen LogP contribution in [0.1, 0.15) is 10.4 Å². The van der Waals surface area contributed by atoms with E-state index in [9.17, 15) is 4.79 Å². The van der Waals surface area contributed by atoms with Gasteiger partial charge in [-0.15, -0.1) is 0 Å². The van der Waals surface area contributed by atoms with Gasteiger partial charge in [0.1, 0.15) is 11.6 Å². The minimum absolute atomic E-state index is 0.243. The fourth-order valence-electron chi connectivity index (χ4n) is 2.28.